The monoisotopic (exact) mass is 146 g/mol. The first-order valence-corrected chi connectivity index (χ1v) is 3.75. The predicted molar refractivity (Wildman–Crippen MR) is 48.7 cm³/mol. The molecule has 1 radical (unpaired) electrons. The molecule has 0 aliphatic carbocycles. The quantitative estimate of drug-likeness (QED) is 0.569. The molecule has 1 aromatic carbocycles. The van der Waals surface area contributed by atoms with Crippen LogP contribution in [0.4, 0.5) is 5.69 Å². The molecule has 1 rings (SSSR count). The van der Waals surface area contributed by atoms with Gasteiger partial charge in [0.05, 0.1) is 5.69 Å². The van der Waals surface area contributed by atoms with Gasteiger partial charge in [-0.15, -0.1) is 0 Å². The third-order valence-electron chi connectivity index (χ3n) is 1.70. The number of nitrogens with zero attached hydrogens (tertiary/aromatic N) is 1. The lowest BCUT2D eigenvalue weighted by molar-refractivity contribution is 0.867. The summed E-state index contributed by atoms with van der Waals surface area (Å²) in [6, 6.07) is 7.92. The van der Waals surface area contributed by atoms with Gasteiger partial charge in [-0.3, -0.25) is 4.99 Å². The fourth-order valence-corrected chi connectivity index (χ4v) is 1.09. The summed E-state index contributed by atoms with van der Waals surface area (Å²) in [5, 5.41) is 0. The van der Waals surface area contributed by atoms with Crippen molar-refractivity contribution in [1.29, 1.82) is 0 Å². The number of benzene rings is 1. The Morgan fingerprint density at radius 1 is 1.27 bits per heavy atom. The molecule has 0 unspecified atom stereocenters. The fraction of sp³-hybridized carbons (Fsp3) is 0.300. The molecule has 11 heavy (non-hydrogen) atoms. The van der Waals surface area contributed by atoms with Crippen LogP contribution in [0.15, 0.2) is 29.3 Å². The Morgan fingerprint density at radius 3 is 2.36 bits per heavy atom. The molecule has 1 heteroatoms. The summed E-state index contributed by atoms with van der Waals surface area (Å²) < 4.78 is 0. The van der Waals surface area contributed by atoms with E-state index in [0.717, 1.165) is 5.69 Å². The lowest BCUT2D eigenvalue weighted by atomic mass is 10.0. The zero-order valence-electron chi connectivity index (χ0n) is 6.91. The Balaban J connectivity index is 3.12. The van der Waals surface area contributed by atoms with E-state index in [1.165, 1.54) is 5.56 Å². The molecule has 0 saturated carbocycles. The molecular weight excluding hydrogens is 134 g/mol. The first-order chi connectivity index (χ1) is 5.25. The highest BCUT2D eigenvalue weighted by Crippen LogP contribution is 2.25. The van der Waals surface area contributed by atoms with Crippen molar-refractivity contribution in [2.24, 2.45) is 4.99 Å². The van der Waals surface area contributed by atoms with Crippen LogP contribution < -0.4 is 0 Å². The molecule has 0 aromatic heterocycles. The second kappa shape index (κ2) is 3.33. The van der Waals surface area contributed by atoms with Crippen LogP contribution in [0.25, 0.3) is 0 Å². The molecule has 0 aliphatic heterocycles. The minimum Gasteiger partial charge on any atom is -0.255 e. The molecule has 0 amide bonds. The van der Waals surface area contributed by atoms with Gasteiger partial charge in [-0.2, -0.15) is 0 Å². The number of rotatable bonds is 2. The van der Waals surface area contributed by atoms with Gasteiger partial charge in [0.15, 0.2) is 0 Å². The fourth-order valence-electron chi connectivity index (χ4n) is 1.09. The normalized spacial score (nSPS) is 10.1. The average molecular weight is 146 g/mol. The van der Waals surface area contributed by atoms with Crippen LogP contribution in [0.3, 0.4) is 0 Å². The van der Waals surface area contributed by atoms with Crippen LogP contribution in [0, 0.1) is 0 Å². The molecule has 0 N–H and O–H groups in total. The predicted octanol–water partition coefficient (Wildman–Crippen LogP) is 3.02. The van der Waals surface area contributed by atoms with Crippen LogP contribution in [-0.4, -0.2) is 6.72 Å². The zero-order chi connectivity index (χ0) is 8.27. The van der Waals surface area contributed by atoms with Crippen molar-refractivity contribution >= 4 is 12.4 Å². The summed E-state index contributed by atoms with van der Waals surface area (Å²) in [5.74, 6) is 0.485. The molecule has 0 aliphatic rings. The third kappa shape index (κ3) is 1.67. The average Bonchev–Trinajstić information content (AvgIpc) is 2.04. The first-order valence-electron chi connectivity index (χ1n) is 3.75. The Morgan fingerprint density at radius 2 is 1.91 bits per heavy atom. The molecular formula is C10H12N. The van der Waals surface area contributed by atoms with Crippen LogP contribution in [-0.2, 0) is 0 Å². The van der Waals surface area contributed by atoms with E-state index in [2.05, 4.69) is 24.9 Å². The van der Waals surface area contributed by atoms with E-state index in [1.807, 2.05) is 18.2 Å². The van der Waals surface area contributed by atoms with Crippen molar-refractivity contribution in [2.45, 2.75) is 19.8 Å². The maximum Gasteiger partial charge on any atom is 0.0664 e. The third-order valence-corrected chi connectivity index (χ3v) is 1.70. The van der Waals surface area contributed by atoms with Gasteiger partial charge in [0, 0.05) is 6.72 Å². The minimum absolute atomic E-state index is 0.485. The number of aliphatic imine (C=N–C) groups is 1. The van der Waals surface area contributed by atoms with Gasteiger partial charge in [-0.1, -0.05) is 32.0 Å². The van der Waals surface area contributed by atoms with Crippen molar-refractivity contribution < 1.29 is 0 Å². The second-order valence-corrected chi connectivity index (χ2v) is 2.84. The van der Waals surface area contributed by atoms with Crippen LogP contribution in [0.2, 0.25) is 0 Å². The van der Waals surface area contributed by atoms with E-state index in [9.17, 15) is 0 Å². The zero-order valence-corrected chi connectivity index (χ0v) is 6.91. The van der Waals surface area contributed by atoms with Gasteiger partial charge in [0.1, 0.15) is 0 Å². The molecule has 0 heterocycles. The highest BCUT2D eigenvalue weighted by Gasteiger charge is 2.02. The smallest absolute Gasteiger partial charge is 0.0664 e. The summed E-state index contributed by atoms with van der Waals surface area (Å²) in [4.78, 5) is 3.69. The van der Waals surface area contributed by atoms with Crippen molar-refractivity contribution in [1.82, 2.24) is 0 Å². The topological polar surface area (TPSA) is 12.4 Å². The first kappa shape index (κ1) is 7.99. The van der Waals surface area contributed by atoms with Gasteiger partial charge in [-0.25, -0.2) is 0 Å². The lowest BCUT2D eigenvalue weighted by Gasteiger charge is -2.07. The van der Waals surface area contributed by atoms with Crippen LogP contribution >= 0.6 is 0 Å². The minimum atomic E-state index is 0.485. The van der Waals surface area contributed by atoms with E-state index in [4.69, 9.17) is 6.72 Å². The van der Waals surface area contributed by atoms with Crippen molar-refractivity contribution in [3.8, 4) is 0 Å². The highest BCUT2D eigenvalue weighted by molar-refractivity contribution is 5.52. The molecule has 1 aromatic rings. The molecule has 0 spiro atoms. The van der Waals surface area contributed by atoms with Crippen LogP contribution in [0.5, 0.6) is 0 Å². The van der Waals surface area contributed by atoms with E-state index in [0.29, 0.717) is 5.92 Å². The Labute approximate surface area is 67.8 Å². The Kier molecular flexibility index (Phi) is 2.42. The summed E-state index contributed by atoms with van der Waals surface area (Å²) in [7, 11) is 0. The van der Waals surface area contributed by atoms with E-state index in [1.54, 1.807) is 0 Å². The maximum atomic E-state index is 5.21. The van der Waals surface area contributed by atoms with Crippen molar-refractivity contribution in [2.75, 3.05) is 0 Å². The second-order valence-electron chi connectivity index (χ2n) is 2.84. The van der Waals surface area contributed by atoms with Crippen molar-refractivity contribution in [3.05, 3.63) is 29.8 Å². The number of hydrogen-bond acceptors (Lipinski definition) is 1. The lowest BCUT2D eigenvalue weighted by Crippen LogP contribution is -1.86. The summed E-state index contributed by atoms with van der Waals surface area (Å²) >= 11 is 0. The SMILES string of the molecule is [CH]=Nc1ccccc1C(C)C. The molecule has 1 nitrogen and oxygen atoms in total. The molecule has 0 saturated heterocycles. The van der Waals surface area contributed by atoms with Gasteiger partial charge in [-0.05, 0) is 17.5 Å². The van der Waals surface area contributed by atoms with Gasteiger partial charge in [0.25, 0.3) is 0 Å². The summed E-state index contributed by atoms with van der Waals surface area (Å²) in [5.41, 5.74) is 2.09. The van der Waals surface area contributed by atoms with Gasteiger partial charge in [0.2, 0.25) is 0 Å². The maximum absolute atomic E-state index is 5.21. The number of hydrogen-bond donors (Lipinski definition) is 0. The van der Waals surface area contributed by atoms with E-state index in [-0.39, 0.29) is 0 Å². The Hall–Kier alpha value is -1.11. The largest absolute Gasteiger partial charge is 0.255 e. The highest BCUT2D eigenvalue weighted by atomic mass is 14.7. The van der Waals surface area contributed by atoms with Crippen molar-refractivity contribution in [3.63, 3.8) is 0 Å². The summed E-state index contributed by atoms with van der Waals surface area (Å²) in [6.07, 6.45) is 0. The van der Waals surface area contributed by atoms with E-state index < -0.39 is 0 Å². The molecule has 0 atom stereocenters. The Bertz CT molecular complexity index is 251. The van der Waals surface area contributed by atoms with E-state index >= 15 is 0 Å². The summed E-state index contributed by atoms with van der Waals surface area (Å²) in [6.45, 7) is 9.47. The number of para-hydroxylation sites is 1. The molecule has 0 fully saturated rings. The molecule has 57 valence electrons. The molecule has 0 bridgehead atoms. The van der Waals surface area contributed by atoms with Gasteiger partial charge >= 0.3 is 0 Å². The van der Waals surface area contributed by atoms with Gasteiger partial charge < -0.3 is 0 Å². The standard InChI is InChI=1S/C10H12N/c1-8(2)9-6-4-5-7-10(9)11-3/h3-8H,1-2H3. The van der Waals surface area contributed by atoms with Crippen LogP contribution in [0.1, 0.15) is 25.3 Å².